The number of primary amides is 1. The van der Waals surface area contributed by atoms with Gasteiger partial charge in [-0.05, 0) is 97.6 Å². The van der Waals surface area contributed by atoms with Crippen molar-refractivity contribution in [2.75, 3.05) is 6.54 Å². The molecule has 2 aromatic carbocycles. The van der Waals surface area contributed by atoms with Gasteiger partial charge in [0, 0.05) is 23.1 Å². The third-order valence-corrected chi connectivity index (χ3v) is 7.03. The molecule has 3 aromatic rings. The maximum atomic E-state index is 14.2. The van der Waals surface area contributed by atoms with Crippen molar-refractivity contribution in [3.8, 4) is 0 Å². The van der Waals surface area contributed by atoms with Gasteiger partial charge in [-0.3, -0.25) is 14.4 Å². The van der Waals surface area contributed by atoms with Gasteiger partial charge < -0.3 is 16.0 Å². The lowest BCUT2D eigenvalue weighted by atomic mass is 9.81. The van der Waals surface area contributed by atoms with E-state index in [9.17, 15) is 18.8 Å². The number of benzene rings is 2. The van der Waals surface area contributed by atoms with Crippen LogP contribution >= 0.6 is 0 Å². The molecule has 1 aliphatic carbocycles. The number of H-pyrrole nitrogens is 1. The number of aromatic nitrogens is 1. The standard InChI is InChI=1S/C29H32FN3O3/c1-16-8-11-24(30)28-27(16)22(18(3)33-28)6-4-5-7-25(34)21-12-17(2)23-14-20(10-9-19(23)13-21)29(36)32-15-26(31)35/h8-11,13-14,17,33H,4-7,12,15H2,1-3H3,(H2,31,35)(H,32,36). The highest BCUT2D eigenvalue weighted by Crippen LogP contribution is 2.35. The monoisotopic (exact) mass is 489 g/mol. The first kappa shape index (κ1) is 25.4. The van der Waals surface area contributed by atoms with Gasteiger partial charge in [-0.2, -0.15) is 0 Å². The number of ketones is 1. The van der Waals surface area contributed by atoms with Gasteiger partial charge in [-0.25, -0.2) is 4.39 Å². The predicted molar refractivity (Wildman–Crippen MR) is 139 cm³/mol. The van der Waals surface area contributed by atoms with Crippen LogP contribution in [0.4, 0.5) is 4.39 Å². The first-order valence-corrected chi connectivity index (χ1v) is 12.4. The number of unbranched alkanes of at least 4 members (excludes halogenated alkanes) is 1. The molecule has 0 aliphatic heterocycles. The van der Waals surface area contributed by atoms with E-state index in [1.165, 1.54) is 6.07 Å². The Morgan fingerprint density at radius 3 is 2.67 bits per heavy atom. The van der Waals surface area contributed by atoms with Crippen LogP contribution in [0.25, 0.3) is 17.0 Å². The molecule has 0 saturated carbocycles. The van der Waals surface area contributed by atoms with Gasteiger partial charge >= 0.3 is 0 Å². The number of amides is 2. The molecule has 0 bridgehead atoms. The summed E-state index contributed by atoms with van der Waals surface area (Å²) in [5.41, 5.74) is 12.0. The molecule has 1 aliphatic rings. The Bertz CT molecular complexity index is 1390. The van der Waals surface area contributed by atoms with E-state index in [4.69, 9.17) is 5.73 Å². The topological polar surface area (TPSA) is 105 Å². The molecule has 1 atom stereocenters. The zero-order valence-corrected chi connectivity index (χ0v) is 21.0. The van der Waals surface area contributed by atoms with Crippen LogP contribution in [0, 0.1) is 19.7 Å². The number of nitrogens with one attached hydrogen (secondary N) is 2. The summed E-state index contributed by atoms with van der Waals surface area (Å²) in [6.07, 6.45) is 5.42. The highest BCUT2D eigenvalue weighted by atomic mass is 19.1. The Labute approximate surface area is 210 Å². The van der Waals surface area contributed by atoms with Crippen LogP contribution in [-0.2, 0) is 16.0 Å². The zero-order chi connectivity index (χ0) is 26.0. The number of aryl methyl sites for hydroxylation is 3. The third kappa shape index (κ3) is 5.25. The number of rotatable bonds is 9. The van der Waals surface area contributed by atoms with Crippen molar-refractivity contribution >= 4 is 34.6 Å². The van der Waals surface area contributed by atoms with E-state index in [0.717, 1.165) is 58.2 Å². The fraction of sp³-hybridized carbons (Fsp3) is 0.345. The minimum atomic E-state index is -0.596. The summed E-state index contributed by atoms with van der Waals surface area (Å²) in [5.74, 6) is -0.940. The third-order valence-electron chi connectivity index (χ3n) is 7.03. The van der Waals surface area contributed by atoms with Crippen LogP contribution < -0.4 is 11.1 Å². The summed E-state index contributed by atoms with van der Waals surface area (Å²) in [4.78, 5) is 39.3. The SMILES string of the molecule is Cc1[nH]c2c(F)ccc(C)c2c1CCCCC(=O)C1=Cc2ccc(C(=O)NCC(N)=O)cc2C(C)C1. The molecule has 4 rings (SSSR count). The quantitative estimate of drug-likeness (QED) is 0.368. The van der Waals surface area contributed by atoms with Crippen molar-refractivity contribution in [2.45, 2.75) is 58.8 Å². The number of Topliss-reactive ketones (excluding diaryl/α,β-unsaturated/α-hetero) is 1. The summed E-state index contributed by atoms with van der Waals surface area (Å²) in [5, 5.41) is 3.46. The van der Waals surface area contributed by atoms with Gasteiger partial charge in [-0.1, -0.05) is 19.1 Å². The van der Waals surface area contributed by atoms with Gasteiger partial charge in [0.15, 0.2) is 5.78 Å². The van der Waals surface area contributed by atoms with Crippen LogP contribution in [0.2, 0.25) is 0 Å². The molecule has 7 heteroatoms. The molecular formula is C29H32FN3O3. The number of carbonyl (C=O) groups excluding carboxylic acids is 3. The molecule has 4 N–H and O–H groups in total. The lowest BCUT2D eigenvalue weighted by Gasteiger charge is -2.23. The van der Waals surface area contributed by atoms with Crippen LogP contribution in [0.5, 0.6) is 0 Å². The van der Waals surface area contributed by atoms with Gasteiger partial charge in [0.1, 0.15) is 5.82 Å². The molecule has 1 heterocycles. The number of allylic oxidation sites excluding steroid dienone is 1. The van der Waals surface area contributed by atoms with E-state index >= 15 is 0 Å². The van der Waals surface area contributed by atoms with E-state index in [-0.39, 0.29) is 30.0 Å². The first-order valence-electron chi connectivity index (χ1n) is 12.4. The summed E-state index contributed by atoms with van der Waals surface area (Å²) in [7, 11) is 0. The Kier molecular flexibility index (Phi) is 7.38. The molecular weight excluding hydrogens is 457 g/mol. The number of aromatic amines is 1. The van der Waals surface area contributed by atoms with E-state index < -0.39 is 5.91 Å². The molecule has 1 unspecified atom stereocenters. The number of fused-ring (bicyclic) bond motifs is 2. The van der Waals surface area contributed by atoms with Gasteiger partial charge in [0.25, 0.3) is 5.91 Å². The number of carbonyl (C=O) groups is 3. The molecule has 1 aromatic heterocycles. The van der Waals surface area contributed by atoms with Crippen molar-refractivity contribution in [3.63, 3.8) is 0 Å². The number of nitrogens with two attached hydrogens (primary N) is 1. The summed E-state index contributed by atoms with van der Waals surface area (Å²) in [6, 6.07) is 8.66. The highest BCUT2D eigenvalue weighted by molar-refractivity contribution is 6.01. The fourth-order valence-corrected chi connectivity index (χ4v) is 5.13. The van der Waals surface area contributed by atoms with Crippen molar-refractivity contribution in [1.82, 2.24) is 10.3 Å². The minimum Gasteiger partial charge on any atom is -0.368 e. The lowest BCUT2D eigenvalue weighted by Crippen LogP contribution is -2.33. The molecule has 6 nitrogen and oxygen atoms in total. The fourth-order valence-electron chi connectivity index (χ4n) is 5.13. The van der Waals surface area contributed by atoms with E-state index in [2.05, 4.69) is 10.3 Å². The summed E-state index contributed by atoms with van der Waals surface area (Å²) in [6.45, 7) is 5.80. The van der Waals surface area contributed by atoms with E-state index in [0.29, 0.717) is 23.9 Å². The molecule has 0 radical (unpaired) electrons. The number of halogens is 1. The molecule has 0 spiro atoms. The molecule has 36 heavy (non-hydrogen) atoms. The van der Waals surface area contributed by atoms with Gasteiger partial charge in [-0.15, -0.1) is 0 Å². The smallest absolute Gasteiger partial charge is 0.251 e. The molecule has 2 amide bonds. The second-order valence-electron chi connectivity index (χ2n) is 9.74. The molecule has 188 valence electrons. The zero-order valence-electron chi connectivity index (χ0n) is 21.0. The molecule has 0 fully saturated rings. The number of hydrogen-bond acceptors (Lipinski definition) is 3. The van der Waals surface area contributed by atoms with Crippen molar-refractivity contribution in [1.29, 1.82) is 0 Å². The van der Waals surface area contributed by atoms with Crippen molar-refractivity contribution < 1.29 is 18.8 Å². The van der Waals surface area contributed by atoms with Crippen molar-refractivity contribution in [2.24, 2.45) is 5.73 Å². The Morgan fingerprint density at radius 2 is 1.92 bits per heavy atom. The number of hydrogen-bond donors (Lipinski definition) is 3. The Balaban J connectivity index is 1.38. The molecule has 0 saturated heterocycles. The van der Waals surface area contributed by atoms with Crippen LogP contribution in [0.1, 0.15) is 76.8 Å². The van der Waals surface area contributed by atoms with Gasteiger partial charge in [0.05, 0.1) is 12.1 Å². The van der Waals surface area contributed by atoms with Crippen LogP contribution in [-0.4, -0.2) is 29.1 Å². The van der Waals surface area contributed by atoms with Crippen LogP contribution in [0.3, 0.4) is 0 Å². The van der Waals surface area contributed by atoms with E-state index in [1.807, 2.05) is 45.0 Å². The lowest BCUT2D eigenvalue weighted by molar-refractivity contribution is -0.117. The first-order chi connectivity index (χ1) is 17.2. The second kappa shape index (κ2) is 10.5. The predicted octanol–water partition coefficient (Wildman–Crippen LogP) is 5.01. The Morgan fingerprint density at radius 1 is 1.14 bits per heavy atom. The average Bonchev–Trinajstić information content (AvgIpc) is 3.19. The van der Waals surface area contributed by atoms with E-state index in [1.54, 1.807) is 6.07 Å². The second-order valence-corrected chi connectivity index (χ2v) is 9.74. The summed E-state index contributed by atoms with van der Waals surface area (Å²) < 4.78 is 14.2. The van der Waals surface area contributed by atoms with Crippen LogP contribution in [0.15, 0.2) is 35.9 Å². The van der Waals surface area contributed by atoms with Crippen molar-refractivity contribution in [3.05, 3.63) is 75.2 Å². The Hall–Kier alpha value is -3.74. The largest absolute Gasteiger partial charge is 0.368 e. The minimum absolute atomic E-state index is 0.0968. The highest BCUT2D eigenvalue weighted by Gasteiger charge is 2.23. The maximum absolute atomic E-state index is 14.2. The normalized spacial score (nSPS) is 14.9. The van der Waals surface area contributed by atoms with Gasteiger partial charge in [0.2, 0.25) is 5.91 Å². The average molecular weight is 490 g/mol. The summed E-state index contributed by atoms with van der Waals surface area (Å²) >= 11 is 0. The maximum Gasteiger partial charge on any atom is 0.251 e.